The topological polar surface area (TPSA) is 68.7 Å². The standard InChI is InChI=1S/C20H26N4O2/c1-2-23-13-5-6-17(23)15-24(14-16-8-10-18(25)11-9-16)20(26)22-19-7-3-4-12-21-19/h3-4,7-12,17,25H,2,5-6,13-15H2,1H3,(H,21,22,26). The minimum absolute atomic E-state index is 0.153. The molecule has 0 spiro atoms. The third kappa shape index (κ3) is 4.73. The van der Waals surface area contributed by atoms with Crippen LogP contribution in [0.3, 0.4) is 0 Å². The summed E-state index contributed by atoms with van der Waals surface area (Å²) < 4.78 is 0. The van der Waals surface area contributed by atoms with Crippen LogP contribution in [-0.2, 0) is 6.54 Å². The highest BCUT2D eigenvalue weighted by atomic mass is 16.3. The molecule has 6 nitrogen and oxygen atoms in total. The number of nitrogens with one attached hydrogen (secondary N) is 1. The van der Waals surface area contributed by atoms with Crippen molar-refractivity contribution in [2.24, 2.45) is 0 Å². The average molecular weight is 354 g/mol. The minimum Gasteiger partial charge on any atom is -0.508 e. The van der Waals surface area contributed by atoms with Gasteiger partial charge >= 0.3 is 6.03 Å². The molecule has 1 aromatic carbocycles. The van der Waals surface area contributed by atoms with Gasteiger partial charge in [-0.2, -0.15) is 0 Å². The number of phenols is 1. The van der Waals surface area contributed by atoms with Crippen LogP contribution in [-0.4, -0.2) is 51.6 Å². The SMILES string of the molecule is CCN1CCCC1CN(Cc1ccc(O)cc1)C(=O)Nc1ccccn1. The summed E-state index contributed by atoms with van der Waals surface area (Å²) in [6.07, 6.45) is 3.94. The first kappa shape index (κ1) is 18.2. The number of urea groups is 1. The van der Waals surface area contributed by atoms with Crippen LogP contribution in [0, 0.1) is 0 Å². The van der Waals surface area contributed by atoms with Crippen molar-refractivity contribution in [2.45, 2.75) is 32.4 Å². The van der Waals surface area contributed by atoms with Gasteiger partial charge in [0.15, 0.2) is 0 Å². The van der Waals surface area contributed by atoms with Crippen LogP contribution in [0.15, 0.2) is 48.7 Å². The fourth-order valence-corrected chi connectivity index (χ4v) is 3.44. The Morgan fingerprint density at radius 1 is 1.31 bits per heavy atom. The Bertz CT molecular complexity index is 706. The number of phenolic OH excluding ortho intramolecular Hbond substituents is 1. The number of hydrogen-bond acceptors (Lipinski definition) is 4. The van der Waals surface area contributed by atoms with E-state index in [0.717, 1.165) is 25.1 Å². The van der Waals surface area contributed by atoms with E-state index in [1.807, 2.05) is 29.2 Å². The Kier molecular flexibility index (Phi) is 6.07. The molecule has 0 radical (unpaired) electrons. The second kappa shape index (κ2) is 8.67. The predicted octanol–water partition coefficient (Wildman–Crippen LogP) is 3.31. The van der Waals surface area contributed by atoms with Gasteiger partial charge in [-0.3, -0.25) is 10.2 Å². The molecule has 2 aromatic rings. The lowest BCUT2D eigenvalue weighted by Gasteiger charge is -2.30. The molecule has 2 heterocycles. The molecule has 1 atom stereocenters. The summed E-state index contributed by atoms with van der Waals surface area (Å²) in [5.41, 5.74) is 0.986. The largest absolute Gasteiger partial charge is 0.508 e. The van der Waals surface area contributed by atoms with E-state index >= 15 is 0 Å². The van der Waals surface area contributed by atoms with Crippen LogP contribution >= 0.6 is 0 Å². The van der Waals surface area contributed by atoms with E-state index < -0.39 is 0 Å². The number of aromatic nitrogens is 1. The van der Waals surface area contributed by atoms with Gasteiger partial charge < -0.3 is 10.0 Å². The molecule has 3 rings (SSSR count). The Labute approximate surface area is 154 Å². The van der Waals surface area contributed by atoms with Crippen LogP contribution in [0.2, 0.25) is 0 Å². The zero-order chi connectivity index (χ0) is 18.4. The second-order valence-corrected chi connectivity index (χ2v) is 6.62. The van der Waals surface area contributed by atoms with E-state index in [1.54, 1.807) is 24.4 Å². The Morgan fingerprint density at radius 2 is 2.12 bits per heavy atom. The van der Waals surface area contributed by atoms with Gasteiger partial charge in [0.05, 0.1) is 0 Å². The Morgan fingerprint density at radius 3 is 2.81 bits per heavy atom. The van der Waals surface area contributed by atoms with Crippen LogP contribution in [0.25, 0.3) is 0 Å². The first-order chi connectivity index (χ1) is 12.7. The highest BCUT2D eigenvalue weighted by Crippen LogP contribution is 2.20. The third-order valence-electron chi connectivity index (χ3n) is 4.83. The molecule has 0 saturated carbocycles. The molecule has 1 fully saturated rings. The lowest BCUT2D eigenvalue weighted by Crippen LogP contribution is -2.44. The summed E-state index contributed by atoms with van der Waals surface area (Å²) in [5, 5.41) is 12.4. The number of rotatable bonds is 6. The number of nitrogens with zero attached hydrogens (tertiary/aromatic N) is 3. The summed E-state index contributed by atoms with van der Waals surface area (Å²) in [6.45, 7) is 5.42. The summed E-state index contributed by atoms with van der Waals surface area (Å²) >= 11 is 0. The fraction of sp³-hybridized carbons (Fsp3) is 0.400. The number of benzene rings is 1. The maximum Gasteiger partial charge on any atom is 0.323 e. The van der Waals surface area contributed by atoms with Crippen molar-refractivity contribution in [3.05, 3.63) is 54.2 Å². The van der Waals surface area contributed by atoms with Crippen LogP contribution < -0.4 is 5.32 Å². The summed E-state index contributed by atoms with van der Waals surface area (Å²) in [5.74, 6) is 0.776. The molecule has 1 aromatic heterocycles. The number of likely N-dealkylation sites (tertiary alicyclic amines) is 1. The minimum atomic E-state index is -0.153. The molecule has 1 unspecified atom stereocenters. The van der Waals surface area contributed by atoms with Crippen molar-refractivity contribution in [1.82, 2.24) is 14.8 Å². The van der Waals surface area contributed by atoms with Crippen molar-refractivity contribution in [3.8, 4) is 5.75 Å². The van der Waals surface area contributed by atoms with E-state index in [4.69, 9.17) is 0 Å². The smallest absolute Gasteiger partial charge is 0.323 e. The highest BCUT2D eigenvalue weighted by Gasteiger charge is 2.27. The van der Waals surface area contributed by atoms with E-state index in [-0.39, 0.29) is 11.8 Å². The predicted molar refractivity (Wildman–Crippen MR) is 102 cm³/mol. The van der Waals surface area contributed by atoms with Gasteiger partial charge in [-0.15, -0.1) is 0 Å². The van der Waals surface area contributed by atoms with Crippen LogP contribution in [0.1, 0.15) is 25.3 Å². The Balaban J connectivity index is 1.73. The lowest BCUT2D eigenvalue weighted by molar-refractivity contribution is 0.175. The van der Waals surface area contributed by atoms with Crippen molar-refractivity contribution >= 4 is 11.8 Å². The molecular weight excluding hydrogens is 328 g/mol. The van der Waals surface area contributed by atoms with Gasteiger partial charge in [0.1, 0.15) is 11.6 Å². The first-order valence-corrected chi connectivity index (χ1v) is 9.14. The molecular formula is C20H26N4O2. The van der Waals surface area contributed by atoms with Gasteiger partial charge in [-0.1, -0.05) is 25.1 Å². The molecule has 1 saturated heterocycles. The molecule has 138 valence electrons. The molecule has 0 bridgehead atoms. The number of carbonyl (C=O) groups is 1. The maximum absolute atomic E-state index is 12.9. The van der Waals surface area contributed by atoms with E-state index in [1.165, 1.54) is 6.42 Å². The Hall–Kier alpha value is -2.60. The van der Waals surface area contributed by atoms with Crippen molar-refractivity contribution < 1.29 is 9.90 Å². The lowest BCUT2D eigenvalue weighted by atomic mass is 10.1. The van der Waals surface area contributed by atoms with Gasteiger partial charge in [-0.05, 0) is 55.8 Å². The quantitative estimate of drug-likeness (QED) is 0.835. The van der Waals surface area contributed by atoms with Crippen LogP contribution in [0.5, 0.6) is 5.75 Å². The molecule has 1 aliphatic rings. The number of anilines is 1. The fourth-order valence-electron chi connectivity index (χ4n) is 3.44. The highest BCUT2D eigenvalue weighted by molar-refractivity contribution is 5.88. The molecule has 1 aliphatic heterocycles. The van der Waals surface area contributed by atoms with Crippen LogP contribution in [0.4, 0.5) is 10.6 Å². The molecule has 6 heteroatoms. The van der Waals surface area contributed by atoms with Crippen molar-refractivity contribution in [2.75, 3.05) is 25.0 Å². The number of likely N-dealkylation sites (N-methyl/N-ethyl adjacent to an activating group) is 1. The van der Waals surface area contributed by atoms with Gasteiger partial charge in [-0.25, -0.2) is 9.78 Å². The van der Waals surface area contributed by atoms with Gasteiger partial charge in [0.2, 0.25) is 0 Å². The number of carbonyl (C=O) groups excluding carboxylic acids is 1. The molecule has 2 N–H and O–H groups in total. The van der Waals surface area contributed by atoms with E-state index in [9.17, 15) is 9.90 Å². The zero-order valence-corrected chi connectivity index (χ0v) is 15.1. The normalized spacial score (nSPS) is 17.2. The second-order valence-electron chi connectivity index (χ2n) is 6.62. The monoisotopic (exact) mass is 354 g/mol. The maximum atomic E-state index is 12.9. The summed E-state index contributed by atoms with van der Waals surface area (Å²) in [6, 6.07) is 12.7. The van der Waals surface area contributed by atoms with E-state index in [2.05, 4.69) is 22.1 Å². The first-order valence-electron chi connectivity index (χ1n) is 9.14. The third-order valence-corrected chi connectivity index (χ3v) is 4.83. The van der Waals surface area contributed by atoms with Crippen molar-refractivity contribution in [1.29, 1.82) is 0 Å². The number of hydrogen-bond donors (Lipinski definition) is 2. The number of amides is 2. The zero-order valence-electron chi connectivity index (χ0n) is 15.1. The van der Waals surface area contributed by atoms with Gasteiger partial charge in [0, 0.05) is 25.3 Å². The molecule has 26 heavy (non-hydrogen) atoms. The number of pyridine rings is 1. The molecule has 2 amide bonds. The van der Waals surface area contributed by atoms with Gasteiger partial charge in [0.25, 0.3) is 0 Å². The summed E-state index contributed by atoms with van der Waals surface area (Å²) in [7, 11) is 0. The summed E-state index contributed by atoms with van der Waals surface area (Å²) in [4.78, 5) is 21.3. The van der Waals surface area contributed by atoms with E-state index in [0.29, 0.717) is 24.9 Å². The van der Waals surface area contributed by atoms with Crippen molar-refractivity contribution in [3.63, 3.8) is 0 Å². The number of aromatic hydroxyl groups is 1. The average Bonchev–Trinajstić information content (AvgIpc) is 3.11. The molecule has 0 aliphatic carbocycles.